The van der Waals surface area contributed by atoms with Crippen LogP contribution in [0.4, 0.5) is 0 Å². The van der Waals surface area contributed by atoms with Crippen LogP contribution < -0.4 is 11.1 Å². The van der Waals surface area contributed by atoms with E-state index in [0.717, 1.165) is 23.1 Å². The topological polar surface area (TPSA) is 67.5 Å². The Balaban J connectivity index is 2.83. The van der Waals surface area contributed by atoms with Crippen LogP contribution in [-0.2, 0) is 4.79 Å². The first-order chi connectivity index (χ1) is 8.97. The number of hydrogen-bond donors (Lipinski definition) is 2. The Morgan fingerprint density at radius 1 is 1.37 bits per heavy atom. The maximum atomic E-state index is 12.1. The summed E-state index contributed by atoms with van der Waals surface area (Å²) in [7, 11) is 0. The van der Waals surface area contributed by atoms with Gasteiger partial charge in [0.1, 0.15) is 0 Å². The fourth-order valence-electron chi connectivity index (χ4n) is 2.15. The van der Waals surface area contributed by atoms with E-state index in [1.165, 1.54) is 0 Å². The molecular weight excluding hydrogens is 238 g/mol. The lowest BCUT2D eigenvalue weighted by atomic mass is 9.91. The van der Waals surface area contributed by atoms with Crippen molar-refractivity contribution in [1.29, 1.82) is 0 Å². The van der Waals surface area contributed by atoms with Crippen LogP contribution in [0.2, 0.25) is 0 Å². The fraction of sp³-hybridized carbons (Fsp3) is 0.467. The summed E-state index contributed by atoms with van der Waals surface area (Å²) in [6, 6.07) is 6.02. The van der Waals surface area contributed by atoms with Crippen LogP contribution in [-0.4, -0.2) is 18.4 Å². The van der Waals surface area contributed by atoms with Crippen molar-refractivity contribution in [3.05, 3.63) is 34.9 Å². The lowest BCUT2D eigenvalue weighted by Crippen LogP contribution is -2.39. The number of carbonyl (C=O) groups is 1. The second-order valence-corrected chi connectivity index (χ2v) is 4.78. The minimum atomic E-state index is -0.239. The van der Waals surface area contributed by atoms with Gasteiger partial charge in [-0.2, -0.15) is 0 Å². The van der Waals surface area contributed by atoms with Crippen molar-refractivity contribution in [1.82, 2.24) is 5.32 Å². The molecule has 1 amide bonds. The summed E-state index contributed by atoms with van der Waals surface area (Å²) in [6.45, 7) is 8.56. The van der Waals surface area contributed by atoms with Crippen LogP contribution in [0.1, 0.15) is 42.9 Å². The van der Waals surface area contributed by atoms with Gasteiger partial charge in [0.25, 0.3) is 0 Å². The standard InChI is InChI=1S/C15H23N3O/c1-5-9-17-15(16)18-14(19)12(4)13-10(2)7-6-8-11(13)3/h6-8,12H,5,9H2,1-4H3,(H3,16,17,18,19). The molecule has 0 spiro atoms. The minimum absolute atomic E-state index is 0.116. The van der Waals surface area contributed by atoms with Crippen LogP contribution in [0.5, 0.6) is 0 Å². The van der Waals surface area contributed by atoms with Gasteiger partial charge in [-0.15, -0.1) is 0 Å². The van der Waals surface area contributed by atoms with Crippen LogP contribution in [0.3, 0.4) is 0 Å². The number of carbonyl (C=O) groups excluding carboxylic acids is 1. The predicted molar refractivity (Wildman–Crippen MR) is 79.3 cm³/mol. The van der Waals surface area contributed by atoms with Gasteiger partial charge in [0.15, 0.2) is 5.96 Å². The number of nitrogens with one attached hydrogen (secondary N) is 1. The average Bonchev–Trinajstić information content (AvgIpc) is 2.35. The molecule has 1 aromatic carbocycles. The molecule has 0 bridgehead atoms. The monoisotopic (exact) mass is 261 g/mol. The highest BCUT2D eigenvalue weighted by Crippen LogP contribution is 2.23. The molecule has 0 saturated carbocycles. The first-order valence-electron chi connectivity index (χ1n) is 6.64. The van der Waals surface area contributed by atoms with Gasteiger partial charge < -0.3 is 5.73 Å². The number of amides is 1. The van der Waals surface area contributed by atoms with Crippen molar-refractivity contribution in [3.8, 4) is 0 Å². The molecule has 0 saturated heterocycles. The van der Waals surface area contributed by atoms with Gasteiger partial charge >= 0.3 is 0 Å². The molecule has 1 rings (SSSR count). The van der Waals surface area contributed by atoms with Gasteiger partial charge in [0.05, 0.1) is 5.92 Å². The summed E-state index contributed by atoms with van der Waals surface area (Å²) in [5.41, 5.74) is 8.96. The summed E-state index contributed by atoms with van der Waals surface area (Å²) in [4.78, 5) is 16.2. The second-order valence-electron chi connectivity index (χ2n) is 4.78. The maximum absolute atomic E-state index is 12.1. The molecule has 0 aliphatic heterocycles. The van der Waals surface area contributed by atoms with Gasteiger partial charge in [-0.25, -0.2) is 0 Å². The molecule has 3 N–H and O–H groups in total. The number of benzene rings is 1. The molecule has 19 heavy (non-hydrogen) atoms. The Labute approximate surface area is 115 Å². The van der Waals surface area contributed by atoms with E-state index in [-0.39, 0.29) is 17.8 Å². The van der Waals surface area contributed by atoms with E-state index in [9.17, 15) is 4.79 Å². The highest BCUT2D eigenvalue weighted by Gasteiger charge is 2.19. The van der Waals surface area contributed by atoms with Crippen LogP contribution in [0.15, 0.2) is 23.2 Å². The smallest absolute Gasteiger partial charge is 0.233 e. The Morgan fingerprint density at radius 2 is 1.95 bits per heavy atom. The zero-order chi connectivity index (χ0) is 14.4. The molecule has 4 nitrogen and oxygen atoms in total. The normalized spacial score (nSPS) is 13.2. The average molecular weight is 261 g/mol. The molecule has 4 heteroatoms. The van der Waals surface area contributed by atoms with Crippen molar-refractivity contribution in [2.45, 2.75) is 40.0 Å². The number of aliphatic imine (C=N–C) groups is 1. The molecule has 104 valence electrons. The third kappa shape index (κ3) is 4.09. The first-order valence-corrected chi connectivity index (χ1v) is 6.64. The minimum Gasteiger partial charge on any atom is -0.370 e. The number of rotatable bonds is 4. The third-order valence-electron chi connectivity index (χ3n) is 3.13. The number of nitrogens with two attached hydrogens (primary N) is 1. The van der Waals surface area contributed by atoms with E-state index in [4.69, 9.17) is 5.73 Å². The highest BCUT2D eigenvalue weighted by molar-refractivity contribution is 5.99. The zero-order valence-corrected chi connectivity index (χ0v) is 12.2. The lowest BCUT2D eigenvalue weighted by Gasteiger charge is -2.17. The number of guanidine groups is 1. The molecule has 1 unspecified atom stereocenters. The summed E-state index contributed by atoms with van der Waals surface area (Å²) in [6.07, 6.45) is 0.906. The van der Waals surface area contributed by atoms with E-state index in [1.54, 1.807) is 0 Å². The summed E-state index contributed by atoms with van der Waals surface area (Å²) in [5, 5.41) is 2.66. The van der Waals surface area contributed by atoms with Crippen molar-refractivity contribution in [3.63, 3.8) is 0 Å². The Bertz CT molecular complexity index is 460. The zero-order valence-electron chi connectivity index (χ0n) is 12.2. The van der Waals surface area contributed by atoms with Crippen molar-refractivity contribution in [2.75, 3.05) is 6.54 Å². The van der Waals surface area contributed by atoms with Gasteiger partial charge in [0.2, 0.25) is 5.91 Å². The molecule has 1 aromatic rings. The molecule has 0 fully saturated rings. The molecule has 0 aliphatic rings. The Kier molecular flexibility index (Phi) is 5.55. The van der Waals surface area contributed by atoms with Crippen LogP contribution in [0, 0.1) is 13.8 Å². The first kappa shape index (κ1) is 15.2. The third-order valence-corrected chi connectivity index (χ3v) is 3.13. The van der Waals surface area contributed by atoms with Gasteiger partial charge in [-0.05, 0) is 43.9 Å². The van der Waals surface area contributed by atoms with E-state index in [2.05, 4.69) is 10.3 Å². The quantitative estimate of drug-likeness (QED) is 0.645. The predicted octanol–water partition coefficient (Wildman–Crippen LogP) is 2.25. The number of hydrogen-bond acceptors (Lipinski definition) is 2. The van der Waals surface area contributed by atoms with Crippen molar-refractivity contribution < 1.29 is 4.79 Å². The van der Waals surface area contributed by atoms with Crippen molar-refractivity contribution in [2.24, 2.45) is 10.7 Å². The molecule has 0 heterocycles. The highest BCUT2D eigenvalue weighted by atomic mass is 16.2. The summed E-state index contributed by atoms with van der Waals surface area (Å²) >= 11 is 0. The molecule has 0 aromatic heterocycles. The number of nitrogens with zero attached hydrogens (tertiary/aromatic N) is 1. The molecule has 0 radical (unpaired) electrons. The molecule has 0 aliphatic carbocycles. The Hall–Kier alpha value is -1.84. The van der Waals surface area contributed by atoms with Crippen LogP contribution >= 0.6 is 0 Å². The lowest BCUT2D eigenvalue weighted by molar-refractivity contribution is -0.120. The summed E-state index contributed by atoms with van der Waals surface area (Å²) < 4.78 is 0. The fourth-order valence-corrected chi connectivity index (χ4v) is 2.15. The number of aryl methyl sites for hydroxylation is 2. The second kappa shape index (κ2) is 6.92. The largest absolute Gasteiger partial charge is 0.370 e. The SMILES string of the molecule is CCCN=C(N)NC(=O)C(C)c1c(C)cccc1C. The van der Waals surface area contributed by atoms with Gasteiger partial charge in [-0.1, -0.05) is 25.1 Å². The van der Waals surface area contributed by atoms with Gasteiger partial charge in [0, 0.05) is 6.54 Å². The van der Waals surface area contributed by atoms with E-state index < -0.39 is 0 Å². The maximum Gasteiger partial charge on any atom is 0.233 e. The molecule has 1 atom stereocenters. The Morgan fingerprint density at radius 3 is 2.47 bits per heavy atom. The van der Waals surface area contributed by atoms with E-state index in [0.29, 0.717) is 6.54 Å². The van der Waals surface area contributed by atoms with Crippen molar-refractivity contribution >= 4 is 11.9 Å². The summed E-state index contributed by atoms with van der Waals surface area (Å²) in [5.74, 6) is -0.156. The van der Waals surface area contributed by atoms with Gasteiger partial charge in [-0.3, -0.25) is 15.1 Å². The van der Waals surface area contributed by atoms with E-state index >= 15 is 0 Å². The van der Waals surface area contributed by atoms with E-state index in [1.807, 2.05) is 45.9 Å². The molecular formula is C15H23N3O. The van der Waals surface area contributed by atoms with Crippen LogP contribution in [0.25, 0.3) is 0 Å².